The lowest BCUT2D eigenvalue weighted by molar-refractivity contribution is -0.187. The van der Waals surface area contributed by atoms with E-state index in [-0.39, 0.29) is 39.5 Å². The maximum absolute atomic E-state index is 14.4. The Kier molecular flexibility index (Phi) is 5.91. The van der Waals surface area contributed by atoms with Gasteiger partial charge in [0.05, 0.1) is 5.41 Å². The summed E-state index contributed by atoms with van der Waals surface area (Å²) in [4.78, 5) is 27.9. The third-order valence-electron chi connectivity index (χ3n) is 13.2. The van der Waals surface area contributed by atoms with Crippen molar-refractivity contribution >= 4 is 11.8 Å². The van der Waals surface area contributed by atoms with Crippen LogP contribution in [0.3, 0.4) is 0 Å². The average molecular weight is 511 g/mol. The Labute approximate surface area is 227 Å². The second-order valence-corrected chi connectivity index (χ2v) is 17.1. The summed E-state index contributed by atoms with van der Waals surface area (Å²) < 4.78 is 5.95. The second kappa shape index (κ2) is 7.97. The largest absolute Gasteiger partial charge is 0.460 e. The molecule has 3 nitrogen and oxygen atoms in total. The van der Waals surface area contributed by atoms with Crippen LogP contribution < -0.4 is 0 Å². The molecule has 5 rings (SSSR count). The number of hydrogen-bond donors (Lipinski definition) is 0. The third kappa shape index (κ3) is 3.78. The number of fused-ring (bicyclic) bond motifs is 7. The number of rotatable bonds is 1. The van der Waals surface area contributed by atoms with Gasteiger partial charge in [0.1, 0.15) is 5.60 Å². The van der Waals surface area contributed by atoms with Gasteiger partial charge in [-0.15, -0.1) is 0 Å². The molecular weight excluding hydrogens is 456 g/mol. The van der Waals surface area contributed by atoms with Gasteiger partial charge in [0.25, 0.3) is 0 Å². The van der Waals surface area contributed by atoms with Crippen LogP contribution in [0.4, 0.5) is 0 Å². The number of carbonyl (C=O) groups is 2. The van der Waals surface area contributed by atoms with Gasteiger partial charge in [-0.2, -0.15) is 0 Å². The highest BCUT2D eigenvalue weighted by molar-refractivity contribution is 5.95. The van der Waals surface area contributed by atoms with Gasteiger partial charge in [-0.25, -0.2) is 0 Å². The zero-order valence-corrected chi connectivity index (χ0v) is 25.6. The minimum absolute atomic E-state index is 0.0114. The van der Waals surface area contributed by atoms with E-state index < -0.39 is 11.0 Å². The predicted molar refractivity (Wildman–Crippen MR) is 150 cm³/mol. The van der Waals surface area contributed by atoms with Crippen molar-refractivity contribution < 1.29 is 14.3 Å². The zero-order chi connectivity index (χ0) is 27.4. The van der Waals surface area contributed by atoms with Crippen LogP contribution in [-0.4, -0.2) is 17.4 Å². The van der Waals surface area contributed by atoms with Crippen molar-refractivity contribution in [3.8, 4) is 0 Å². The van der Waals surface area contributed by atoms with Crippen LogP contribution in [0.25, 0.3) is 0 Å². The summed E-state index contributed by atoms with van der Waals surface area (Å²) >= 11 is 0. The van der Waals surface area contributed by atoms with Crippen molar-refractivity contribution in [3.63, 3.8) is 0 Å². The number of carbonyl (C=O) groups excluding carboxylic acids is 2. The van der Waals surface area contributed by atoms with Crippen molar-refractivity contribution in [1.29, 1.82) is 0 Å². The molecule has 4 saturated carbocycles. The first-order valence-corrected chi connectivity index (χ1v) is 15.3. The number of hydrogen-bond acceptors (Lipinski definition) is 3. The highest BCUT2D eigenvalue weighted by Gasteiger charge is 2.69. The van der Waals surface area contributed by atoms with Gasteiger partial charge in [0.2, 0.25) is 0 Å². The fourth-order valence-corrected chi connectivity index (χ4v) is 10.9. The molecule has 0 heterocycles. The zero-order valence-electron chi connectivity index (χ0n) is 25.6. The molecule has 0 N–H and O–H groups in total. The molecule has 3 heteroatoms. The standard InChI is InChI=1S/C34H54O3/c1-28(2,3)37-27(36)31(7)17-16-30(6)18-19-33(9)22(23(30)21-31)20-24(35)26-32(8)14-11-13-29(4,5)25(32)12-15-34(26,33)10/h20,23,25-26H,11-19,21H2,1-10H3/t23?,25?,26?,30?,31-,32?,33+,34?/m0/s1. The second-order valence-electron chi connectivity index (χ2n) is 17.1. The van der Waals surface area contributed by atoms with Crippen LogP contribution in [0.1, 0.15) is 133 Å². The van der Waals surface area contributed by atoms with Crippen LogP contribution in [0.15, 0.2) is 11.6 Å². The van der Waals surface area contributed by atoms with Gasteiger partial charge in [-0.05, 0) is 130 Å². The lowest BCUT2D eigenvalue weighted by Gasteiger charge is -2.70. The van der Waals surface area contributed by atoms with Gasteiger partial charge < -0.3 is 4.74 Å². The normalized spacial score (nSPS) is 49.1. The number of ether oxygens (including phenoxy) is 1. The third-order valence-corrected chi connectivity index (χ3v) is 13.2. The Morgan fingerprint density at radius 3 is 2.19 bits per heavy atom. The molecular formula is C34H54O3. The minimum Gasteiger partial charge on any atom is -0.460 e. The van der Waals surface area contributed by atoms with E-state index in [1.54, 1.807) is 0 Å². The van der Waals surface area contributed by atoms with E-state index >= 15 is 0 Å². The summed E-state index contributed by atoms with van der Waals surface area (Å²) in [5, 5.41) is 0. The van der Waals surface area contributed by atoms with Crippen molar-refractivity contribution in [2.45, 2.75) is 139 Å². The quantitative estimate of drug-likeness (QED) is 0.331. The average Bonchev–Trinajstić information content (AvgIpc) is 2.74. The highest BCUT2D eigenvalue weighted by Crippen LogP contribution is 2.75. The Morgan fingerprint density at radius 1 is 0.892 bits per heavy atom. The molecule has 0 amide bonds. The molecule has 0 aromatic carbocycles. The van der Waals surface area contributed by atoms with Gasteiger partial charge in [0.15, 0.2) is 5.78 Å². The molecule has 0 radical (unpaired) electrons. The van der Waals surface area contributed by atoms with Crippen molar-refractivity contribution in [2.24, 2.45) is 50.2 Å². The minimum atomic E-state index is -0.492. The fraction of sp³-hybridized carbons (Fsp3) is 0.882. The summed E-state index contributed by atoms with van der Waals surface area (Å²) in [5.41, 5.74) is 0.948. The predicted octanol–water partition coefficient (Wildman–Crippen LogP) is 8.70. The molecule has 4 fully saturated rings. The lowest BCUT2D eigenvalue weighted by atomic mass is 9.33. The van der Waals surface area contributed by atoms with Crippen molar-refractivity contribution in [3.05, 3.63) is 11.6 Å². The van der Waals surface area contributed by atoms with Gasteiger partial charge in [-0.1, -0.05) is 53.5 Å². The van der Waals surface area contributed by atoms with Gasteiger partial charge >= 0.3 is 5.97 Å². The molecule has 5 aliphatic carbocycles. The SMILES string of the molecule is CC(C)(C)OC(=O)[C@@]1(C)CCC2(C)CC[C@]3(C)C(=CC(=O)C4C5(C)CCCC(C)(C)C5CCC43C)C2C1. The van der Waals surface area contributed by atoms with Gasteiger partial charge in [-0.3, -0.25) is 9.59 Å². The molecule has 37 heavy (non-hydrogen) atoms. The van der Waals surface area contributed by atoms with Crippen molar-refractivity contribution in [2.75, 3.05) is 0 Å². The van der Waals surface area contributed by atoms with E-state index in [1.807, 2.05) is 20.8 Å². The molecule has 208 valence electrons. The Morgan fingerprint density at radius 2 is 1.54 bits per heavy atom. The van der Waals surface area contributed by atoms with Crippen LogP contribution in [0, 0.1) is 50.2 Å². The first kappa shape index (κ1) is 27.4. The van der Waals surface area contributed by atoms with E-state index in [4.69, 9.17) is 4.74 Å². The van der Waals surface area contributed by atoms with Crippen LogP contribution >= 0.6 is 0 Å². The number of allylic oxidation sites excluding steroid dienone is 2. The topological polar surface area (TPSA) is 43.4 Å². The maximum atomic E-state index is 14.4. The van der Waals surface area contributed by atoms with Gasteiger partial charge in [0, 0.05) is 5.92 Å². The molecule has 0 aliphatic heterocycles. The molecule has 6 unspecified atom stereocenters. The smallest absolute Gasteiger partial charge is 0.312 e. The summed E-state index contributed by atoms with van der Waals surface area (Å²) in [6.45, 7) is 22.8. The fourth-order valence-electron chi connectivity index (χ4n) is 10.9. The molecule has 0 spiro atoms. The van der Waals surface area contributed by atoms with Crippen LogP contribution in [0.2, 0.25) is 0 Å². The Bertz CT molecular complexity index is 1030. The van der Waals surface area contributed by atoms with E-state index in [1.165, 1.54) is 44.1 Å². The molecule has 5 aliphatic rings. The van der Waals surface area contributed by atoms with E-state index in [0.717, 1.165) is 25.7 Å². The Balaban J connectivity index is 1.57. The molecule has 8 atom stereocenters. The van der Waals surface area contributed by atoms with Crippen molar-refractivity contribution in [1.82, 2.24) is 0 Å². The summed E-state index contributed by atoms with van der Waals surface area (Å²) in [6, 6.07) is 0. The first-order chi connectivity index (χ1) is 16.8. The Hall–Kier alpha value is -1.12. The van der Waals surface area contributed by atoms with E-state index in [9.17, 15) is 9.59 Å². The lowest BCUT2D eigenvalue weighted by Crippen LogP contribution is -2.65. The molecule has 0 aromatic heterocycles. The van der Waals surface area contributed by atoms with Crippen LogP contribution in [-0.2, 0) is 14.3 Å². The van der Waals surface area contributed by atoms with E-state index in [2.05, 4.69) is 54.5 Å². The summed E-state index contributed by atoms with van der Waals surface area (Å²) in [6.07, 6.45) is 13.3. The monoisotopic (exact) mass is 510 g/mol. The molecule has 0 saturated heterocycles. The van der Waals surface area contributed by atoms with E-state index in [0.29, 0.717) is 17.1 Å². The highest BCUT2D eigenvalue weighted by atomic mass is 16.6. The van der Waals surface area contributed by atoms with Crippen LogP contribution in [0.5, 0.6) is 0 Å². The molecule has 0 aromatic rings. The summed E-state index contributed by atoms with van der Waals surface area (Å²) in [7, 11) is 0. The number of ketones is 1. The number of esters is 1. The summed E-state index contributed by atoms with van der Waals surface area (Å²) in [5.74, 6) is 1.34. The maximum Gasteiger partial charge on any atom is 0.312 e. The first-order valence-electron chi connectivity index (χ1n) is 15.3. The molecule has 0 bridgehead atoms.